The van der Waals surface area contributed by atoms with Crippen LogP contribution < -0.4 is 4.74 Å². The molecule has 0 amide bonds. The van der Waals surface area contributed by atoms with Crippen LogP contribution in [0, 0.1) is 0 Å². The van der Waals surface area contributed by atoms with Crippen molar-refractivity contribution in [3.05, 3.63) is 29.8 Å². The number of methoxy groups -OCH3 is 1. The summed E-state index contributed by atoms with van der Waals surface area (Å²) in [5.41, 5.74) is 0.925. The summed E-state index contributed by atoms with van der Waals surface area (Å²) in [6.07, 6.45) is 0.0698. The summed E-state index contributed by atoms with van der Waals surface area (Å²) in [6, 6.07) is 7.43. The first-order chi connectivity index (χ1) is 9.22. The molecular weight excluding hydrogens is 246 g/mol. The Labute approximate surface area is 112 Å². The Kier molecular flexibility index (Phi) is 4.76. The van der Waals surface area contributed by atoms with E-state index in [2.05, 4.69) is 4.90 Å². The molecule has 1 heterocycles. The second-order valence-corrected chi connectivity index (χ2v) is 4.50. The van der Waals surface area contributed by atoms with Gasteiger partial charge in [-0.15, -0.1) is 0 Å². The van der Waals surface area contributed by atoms with Crippen molar-refractivity contribution in [3.8, 4) is 5.75 Å². The highest BCUT2D eigenvalue weighted by atomic mass is 16.5. The van der Waals surface area contributed by atoms with Gasteiger partial charge in [-0.1, -0.05) is 18.2 Å². The highest BCUT2D eigenvalue weighted by molar-refractivity contribution is 5.68. The van der Waals surface area contributed by atoms with E-state index in [1.165, 1.54) is 0 Å². The average molecular weight is 265 g/mol. The molecule has 1 aromatic rings. The molecule has 104 valence electrons. The summed E-state index contributed by atoms with van der Waals surface area (Å²) >= 11 is 0. The largest absolute Gasteiger partial charge is 0.496 e. The van der Waals surface area contributed by atoms with Crippen molar-refractivity contribution in [3.63, 3.8) is 0 Å². The Balaban J connectivity index is 2.27. The summed E-state index contributed by atoms with van der Waals surface area (Å²) in [6.45, 7) is 2.78. The molecule has 1 atom stereocenters. The van der Waals surface area contributed by atoms with E-state index in [0.29, 0.717) is 13.2 Å². The third-order valence-corrected chi connectivity index (χ3v) is 3.35. The van der Waals surface area contributed by atoms with Gasteiger partial charge in [0.05, 0.1) is 26.7 Å². The zero-order valence-corrected chi connectivity index (χ0v) is 11.0. The van der Waals surface area contributed by atoms with Crippen LogP contribution in [0.5, 0.6) is 5.75 Å². The SMILES string of the molecule is COc1ccccc1C(CC(=O)O)N1CCOCC1. The first-order valence-corrected chi connectivity index (χ1v) is 6.39. The molecule has 1 saturated heterocycles. The molecule has 0 bridgehead atoms. The summed E-state index contributed by atoms with van der Waals surface area (Å²) in [5.74, 6) is -0.0670. The smallest absolute Gasteiger partial charge is 0.305 e. The van der Waals surface area contributed by atoms with Crippen LogP contribution in [-0.4, -0.2) is 49.4 Å². The number of morpholine rings is 1. The molecular formula is C14H19NO4. The number of ether oxygens (including phenoxy) is 2. The van der Waals surface area contributed by atoms with Crippen molar-refractivity contribution in [2.45, 2.75) is 12.5 Å². The van der Waals surface area contributed by atoms with Crippen LogP contribution in [0.25, 0.3) is 0 Å². The van der Waals surface area contributed by atoms with Gasteiger partial charge in [0, 0.05) is 24.7 Å². The van der Waals surface area contributed by atoms with Crippen LogP contribution in [-0.2, 0) is 9.53 Å². The Morgan fingerprint density at radius 1 is 1.42 bits per heavy atom. The number of rotatable bonds is 5. The molecule has 5 nitrogen and oxygen atoms in total. The zero-order chi connectivity index (χ0) is 13.7. The fourth-order valence-electron chi connectivity index (χ4n) is 2.43. The normalized spacial score (nSPS) is 17.9. The highest BCUT2D eigenvalue weighted by Crippen LogP contribution is 2.32. The maximum atomic E-state index is 11.1. The maximum Gasteiger partial charge on any atom is 0.305 e. The van der Waals surface area contributed by atoms with Crippen LogP contribution >= 0.6 is 0 Å². The van der Waals surface area contributed by atoms with Gasteiger partial charge < -0.3 is 14.6 Å². The molecule has 1 unspecified atom stereocenters. The molecule has 1 fully saturated rings. The van der Waals surface area contributed by atoms with Crippen LogP contribution in [0.15, 0.2) is 24.3 Å². The minimum atomic E-state index is -0.803. The third kappa shape index (κ3) is 3.45. The van der Waals surface area contributed by atoms with E-state index in [4.69, 9.17) is 14.6 Å². The molecule has 1 N–H and O–H groups in total. The van der Waals surface area contributed by atoms with Crippen LogP contribution in [0.4, 0.5) is 0 Å². The van der Waals surface area contributed by atoms with Crippen molar-refractivity contribution in [2.24, 2.45) is 0 Å². The van der Waals surface area contributed by atoms with E-state index in [9.17, 15) is 4.79 Å². The number of para-hydroxylation sites is 1. The summed E-state index contributed by atoms with van der Waals surface area (Å²) in [5, 5.41) is 9.14. The zero-order valence-electron chi connectivity index (χ0n) is 11.0. The van der Waals surface area contributed by atoms with Gasteiger partial charge in [0.2, 0.25) is 0 Å². The van der Waals surface area contributed by atoms with Gasteiger partial charge in [-0.3, -0.25) is 9.69 Å². The van der Waals surface area contributed by atoms with Gasteiger partial charge in [0.25, 0.3) is 0 Å². The van der Waals surface area contributed by atoms with Gasteiger partial charge in [-0.05, 0) is 6.07 Å². The Morgan fingerprint density at radius 3 is 2.74 bits per heavy atom. The first kappa shape index (κ1) is 13.8. The monoisotopic (exact) mass is 265 g/mol. The second kappa shape index (κ2) is 6.54. The van der Waals surface area contributed by atoms with E-state index in [0.717, 1.165) is 24.4 Å². The summed E-state index contributed by atoms with van der Waals surface area (Å²) in [7, 11) is 1.61. The van der Waals surface area contributed by atoms with Crippen molar-refractivity contribution in [1.82, 2.24) is 4.90 Å². The standard InChI is InChI=1S/C14H19NO4/c1-18-13-5-3-2-4-11(13)12(10-14(16)17)15-6-8-19-9-7-15/h2-5,12H,6-10H2,1H3,(H,16,17). The number of benzene rings is 1. The first-order valence-electron chi connectivity index (χ1n) is 6.39. The predicted octanol–water partition coefficient (Wildman–Crippen LogP) is 1.54. The van der Waals surface area contributed by atoms with Crippen molar-refractivity contribution < 1.29 is 19.4 Å². The highest BCUT2D eigenvalue weighted by Gasteiger charge is 2.27. The topological polar surface area (TPSA) is 59.0 Å². The van der Waals surface area contributed by atoms with Gasteiger partial charge in [0.1, 0.15) is 5.75 Å². The fraction of sp³-hybridized carbons (Fsp3) is 0.500. The van der Waals surface area contributed by atoms with E-state index in [-0.39, 0.29) is 12.5 Å². The lowest BCUT2D eigenvalue weighted by Crippen LogP contribution is -2.40. The number of carboxylic acid groups (broad SMARTS) is 1. The predicted molar refractivity (Wildman–Crippen MR) is 70.4 cm³/mol. The van der Waals surface area contributed by atoms with E-state index < -0.39 is 5.97 Å². The van der Waals surface area contributed by atoms with E-state index >= 15 is 0 Å². The summed E-state index contributed by atoms with van der Waals surface area (Å²) in [4.78, 5) is 13.3. The Bertz CT molecular complexity index is 429. The van der Waals surface area contributed by atoms with Gasteiger partial charge >= 0.3 is 5.97 Å². The Morgan fingerprint density at radius 2 is 2.11 bits per heavy atom. The molecule has 0 aliphatic carbocycles. The van der Waals surface area contributed by atoms with E-state index in [1.54, 1.807) is 7.11 Å². The molecule has 1 aromatic carbocycles. The molecule has 0 spiro atoms. The molecule has 2 rings (SSSR count). The van der Waals surface area contributed by atoms with Crippen LogP contribution in [0.2, 0.25) is 0 Å². The number of hydrogen-bond donors (Lipinski definition) is 1. The molecule has 1 aliphatic heterocycles. The van der Waals surface area contributed by atoms with Crippen LogP contribution in [0.3, 0.4) is 0 Å². The van der Waals surface area contributed by atoms with Gasteiger partial charge in [-0.2, -0.15) is 0 Å². The maximum absolute atomic E-state index is 11.1. The van der Waals surface area contributed by atoms with Crippen molar-refractivity contribution in [1.29, 1.82) is 0 Å². The minimum absolute atomic E-state index is 0.0698. The molecule has 19 heavy (non-hydrogen) atoms. The number of aliphatic carboxylic acids is 1. The lowest BCUT2D eigenvalue weighted by molar-refractivity contribution is -0.139. The minimum Gasteiger partial charge on any atom is -0.496 e. The molecule has 0 saturated carbocycles. The third-order valence-electron chi connectivity index (χ3n) is 3.35. The molecule has 5 heteroatoms. The molecule has 1 aliphatic rings. The van der Waals surface area contributed by atoms with Gasteiger partial charge in [-0.25, -0.2) is 0 Å². The van der Waals surface area contributed by atoms with Gasteiger partial charge in [0.15, 0.2) is 0 Å². The lowest BCUT2D eigenvalue weighted by Gasteiger charge is -2.34. The quantitative estimate of drug-likeness (QED) is 0.875. The second-order valence-electron chi connectivity index (χ2n) is 4.50. The lowest BCUT2D eigenvalue weighted by atomic mass is 10.0. The number of carboxylic acids is 1. The molecule has 0 aromatic heterocycles. The number of nitrogens with zero attached hydrogens (tertiary/aromatic N) is 1. The van der Waals surface area contributed by atoms with Crippen molar-refractivity contribution >= 4 is 5.97 Å². The number of hydrogen-bond acceptors (Lipinski definition) is 4. The number of carbonyl (C=O) groups is 1. The molecule has 0 radical (unpaired) electrons. The van der Waals surface area contributed by atoms with Crippen LogP contribution in [0.1, 0.15) is 18.0 Å². The van der Waals surface area contributed by atoms with Crippen molar-refractivity contribution in [2.75, 3.05) is 33.4 Å². The van der Waals surface area contributed by atoms with E-state index in [1.807, 2.05) is 24.3 Å². The summed E-state index contributed by atoms with van der Waals surface area (Å²) < 4.78 is 10.7. The average Bonchev–Trinajstić information content (AvgIpc) is 2.45. The fourth-order valence-corrected chi connectivity index (χ4v) is 2.43. The Hall–Kier alpha value is -1.59.